The molecule has 3 rings (SSSR count). The van der Waals surface area contributed by atoms with Crippen molar-refractivity contribution in [2.75, 3.05) is 6.61 Å². The Kier molecular flexibility index (Phi) is 5.85. The highest BCUT2D eigenvalue weighted by Crippen LogP contribution is 2.24. The van der Waals surface area contributed by atoms with E-state index in [-0.39, 0.29) is 16.8 Å². The number of hydrogen-bond donors (Lipinski definition) is 1. The lowest BCUT2D eigenvalue weighted by molar-refractivity contribution is -0.118. The van der Waals surface area contributed by atoms with Crippen LogP contribution in [0.15, 0.2) is 78.1 Å². The molecule has 0 amide bonds. The quantitative estimate of drug-likeness (QED) is 0.396. The smallest absolute Gasteiger partial charge is 0.342 e. The van der Waals surface area contributed by atoms with Crippen LogP contribution in [-0.2, 0) is 9.53 Å². The number of carbonyl (C=O) groups is 2. The number of allylic oxidation sites excluding steroid dienone is 1. The molecule has 144 valence electrons. The molecule has 29 heavy (non-hydrogen) atoms. The molecular formula is C22H18N4O3. The second kappa shape index (κ2) is 8.67. The van der Waals surface area contributed by atoms with Gasteiger partial charge in [0.15, 0.2) is 6.61 Å². The molecule has 0 radical (unpaired) electrons. The van der Waals surface area contributed by atoms with Crippen LogP contribution in [0.2, 0.25) is 0 Å². The number of hydrogen-bond acceptors (Lipinski definition) is 6. The van der Waals surface area contributed by atoms with Crippen molar-refractivity contribution in [2.24, 2.45) is 5.73 Å². The highest BCUT2D eigenvalue weighted by atomic mass is 16.5. The summed E-state index contributed by atoms with van der Waals surface area (Å²) in [5.41, 5.74) is 7.51. The number of esters is 1. The maximum absolute atomic E-state index is 12.7. The Hall–Kier alpha value is -4.18. The first-order valence-electron chi connectivity index (χ1n) is 8.78. The predicted octanol–water partition coefficient (Wildman–Crippen LogP) is 3.02. The van der Waals surface area contributed by atoms with E-state index in [0.717, 1.165) is 11.3 Å². The molecule has 0 aliphatic carbocycles. The molecule has 0 saturated carbocycles. The van der Waals surface area contributed by atoms with Crippen LogP contribution in [0.5, 0.6) is 0 Å². The molecule has 1 heterocycles. The van der Waals surface area contributed by atoms with Gasteiger partial charge in [0.2, 0.25) is 5.78 Å². The van der Waals surface area contributed by atoms with Crippen molar-refractivity contribution in [3.8, 4) is 23.0 Å². The Labute approximate surface area is 167 Å². The zero-order valence-electron chi connectivity index (χ0n) is 15.7. The molecule has 0 aliphatic heterocycles. The van der Waals surface area contributed by atoms with Crippen LogP contribution in [0.25, 0.3) is 16.9 Å². The third-order valence-corrected chi connectivity index (χ3v) is 4.12. The molecule has 7 heteroatoms. The monoisotopic (exact) mass is 386 g/mol. The minimum absolute atomic E-state index is 0.0791. The molecule has 0 bridgehead atoms. The van der Waals surface area contributed by atoms with Crippen molar-refractivity contribution in [1.82, 2.24) is 9.78 Å². The number of nitrogens with two attached hydrogens (primary N) is 1. The Balaban J connectivity index is 1.92. The fourth-order valence-electron chi connectivity index (χ4n) is 2.70. The van der Waals surface area contributed by atoms with E-state index in [9.17, 15) is 9.59 Å². The first-order chi connectivity index (χ1) is 14.0. The lowest BCUT2D eigenvalue weighted by Crippen LogP contribution is -2.17. The van der Waals surface area contributed by atoms with Gasteiger partial charge in [-0.05, 0) is 19.1 Å². The Morgan fingerprint density at radius 1 is 1.10 bits per heavy atom. The zero-order valence-corrected chi connectivity index (χ0v) is 15.7. The molecule has 2 aromatic carbocycles. The first kappa shape index (κ1) is 19.6. The number of Topliss-reactive ketones (excluding diaryl/α,β-unsaturated/α-hetero) is 1. The third-order valence-electron chi connectivity index (χ3n) is 4.12. The number of para-hydroxylation sites is 1. The molecule has 7 nitrogen and oxygen atoms in total. The molecule has 3 aromatic rings. The summed E-state index contributed by atoms with van der Waals surface area (Å²) < 4.78 is 6.73. The number of aromatic nitrogens is 2. The second-order valence-electron chi connectivity index (χ2n) is 6.21. The van der Waals surface area contributed by atoms with E-state index in [1.807, 2.05) is 60.7 Å². The largest absolute Gasteiger partial charge is 0.454 e. The van der Waals surface area contributed by atoms with Gasteiger partial charge in [-0.15, -0.1) is 0 Å². The van der Waals surface area contributed by atoms with E-state index in [4.69, 9.17) is 15.7 Å². The summed E-state index contributed by atoms with van der Waals surface area (Å²) in [6, 6.07) is 20.2. The van der Waals surface area contributed by atoms with Crippen LogP contribution in [0.3, 0.4) is 0 Å². The van der Waals surface area contributed by atoms with E-state index in [2.05, 4.69) is 5.10 Å². The van der Waals surface area contributed by atoms with Crippen LogP contribution in [0.1, 0.15) is 17.3 Å². The van der Waals surface area contributed by atoms with Gasteiger partial charge in [-0.2, -0.15) is 10.4 Å². The molecule has 0 unspecified atom stereocenters. The summed E-state index contributed by atoms with van der Waals surface area (Å²) in [7, 11) is 0. The summed E-state index contributed by atoms with van der Waals surface area (Å²) in [6.45, 7) is 0.858. The molecule has 0 fully saturated rings. The molecule has 0 atom stereocenters. The zero-order chi connectivity index (χ0) is 20.8. The molecular weight excluding hydrogens is 368 g/mol. The minimum Gasteiger partial charge on any atom is -0.454 e. The van der Waals surface area contributed by atoms with Gasteiger partial charge >= 0.3 is 5.97 Å². The highest BCUT2D eigenvalue weighted by Gasteiger charge is 2.22. The van der Waals surface area contributed by atoms with E-state index >= 15 is 0 Å². The van der Waals surface area contributed by atoms with E-state index < -0.39 is 18.4 Å². The van der Waals surface area contributed by atoms with Gasteiger partial charge in [0.05, 0.1) is 5.69 Å². The van der Waals surface area contributed by atoms with E-state index in [0.29, 0.717) is 5.69 Å². The summed E-state index contributed by atoms with van der Waals surface area (Å²) in [5, 5.41) is 13.5. The Bertz CT molecular complexity index is 1110. The molecule has 0 aliphatic rings. The number of ketones is 1. The van der Waals surface area contributed by atoms with E-state index in [1.54, 1.807) is 16.9 Å². The molecule has 0 spiro atoms. The SMILES string of the molecule is C/C(N)=C(/C#N)C(=O)COC(=O)c1cn(-c2ccccc2)nc1-c1ccccc1. The normalized spacial score (nSPS) is 11.3. The lowest BCUT2D eigenvalue weighted by Gasteiger charge is -2.05. The standard InChI is InChI=1S/C22H18N4O3/c1-15(24)18(12-23)20(27)14-29-22(28)19-13-26(17-10-6-3-7-11-17)25-21(19)16-8-4-2-5-9-16/h2-11,13H,14,24H2,1H3/b18-15+. The fourth-order valence-corrected chi connectivity index (χ4v) is 2.70. The molecule has 0 saturated heterocycles. The number of nitriles is 1. The fraction of sp³-hybridized carbons (Fsp3) is 0.0909. The molecule has 2 N–H and O–H groups in total. The average molecular weight is 386 g/mol. The van der Waals surface area contributed by atoms with Crippen molar-refractivity contribution in [2.45, 2.75) is 6.92 Å². The maximum Gasteiger partial charge on any atom is 0.342 e. The highest BCUT2D eigenvalue weighted by molar-refractivity contribution is 6.03. The number of rotatable bonds is 6. The summed E-state index contributed by atoms with van der Waals surface area (Å²) in [5.74, 6) is -1.37. The number of nitrogens with zero attached hydrogens (tertiary/aromatic N) is 3. The van der Waals surface area contributed by atoms with Gasteiger partial charge in [0.1, 0.15) is 22.9 Å². The number of ether oxygens (including phenoxy) is 1. The van der Waals surface area contributed by atoms with Crippen molar-refractivity contribution < 1.29 is 14.3 Å². The summed E-state index contributed by atoms with van der Waals surface area (Å²) >= 11 is 0. The van der Waals surface area contributed by atoms with Crippen molar-refractivity contribution in [3.05, 3.63) is 83.7 Å². The number of benzene rings is 2. The van der Waals surface area contributed by atoms with Crippen molar-refractivity contribution >= 4 is 11.8 Å². The first-order valence-corrected chi connectivity index (χ1v) is 8.78. The Morgan fingerprint density at radius 2 is 1.72 bits per heavy atom. The van der Waals surface area contributed by atoms with Crippen LogP contribution < -0.4 is 5.73 Å². The van der Waals surface area contributed by atoms with Crippen LogP contribution in [0.4, 0.5) is 0 Å². The maximum atomic E-state index is 12.7. The lowest BCUT2D eigenvalue weighted by atomic mass is 10.1. The van der Waals surface area contributed by atoms with Gasteiger partial charge in [-0.1, -0.05) is 48.5 Å². The summed E-state index contributed by atoms with van der Waals surface area (Å²) in [4.78, 5) is 24.8. The third kappa shape index (κ3) is 4.39. The van der Waals surface area contributed by atoms with Crippen LogP contribution in [-0.4, -0.2) is 28.1 Å². The predicted molar refractivity (Wildman–Crippen MR) is 107 cm³/mol. The van der Waals surface area contributed by atoms with Crippen LogP contribution in [0, 0.1) is 11.3 Å². The van der Waals surface area contributed by atoms with Gasteiger partial charge in [0.25, 0.3) is 0 Å². The second-order valence-corrected chi connectivity index (χ2v) is 6.21. The number of carbonyl (C=O) groups excluding carboxylic acids is 2. The van der Waals surface area contributed by atoms with Gasteiger partial charge < -0.3 is 10.5 Å². The van der Waals surface area contributed by atoms with Crippen molar-refractivity contribution in [1.29, 1.82) is 5.26 Å². The molecule has 1 aromatic heterocycles. The van der Waals surface area contributed by atoms with Gasteiger partial charge in [0, 0.05) is 17.5 Å². The van der Waals surface area contributed by atoms with Gasteiger partial charge in [-0.25, -0.2) is 9.48 Å². The Morgan fingerprint density at radius 3 is 2.31 bits per heavy atom. The van der Waals surface area contributed by atoms with E-state index in [1.165, 1.54) is 6.92 Å². The minimum atomic E-state index is -0.716. The topological polar surface area (TPSA) is 111 Å². The average Bonchev–Trinajstić information content (AvgIpc) is 3.19. The van der Waals surface area contributed by atoms with Crippen LogP contribution >= 0.6 is 0 Å². The van der Waals surface area contributed by atoms with Crippen molar-refractivity contribution in [3.63, 3.8) is 0 Å². The van der Waals surface area contributed by atoms with Gasteiger partial charge in [-0.3, -0.25) is 4.79 Å². The summed E-state index contributed by atoms with van der Waals surface area (Å²) in [6.07, 6.45) is 1.56.